The molecular weight excluding hydrogens is 346 g/mol. The van der Waals surface area contributed by atoms with Crippen LogP contribution in [-0.4, -0.2) is 24.8 Å². The Morgan fingerprint density at radius 1 is 1.00 bits per heavy atom. The lowest BCUT2D eigenvalue weighted by Crippen LogP contribution is -2.38. The Labute approximate surface area is 159 Å². The monoisotopic (exact) mass is 371 g/mol. The molecular formula is C21H25NO5. The molecule has 2 aromatic rings. The molecule has 1 atom stereocenters. The van der Waals surface area contributed by atoms with Crippen molar-refractivity contribution < 1.29 is 23.8 Å². The maximum atomic E-state index is 12.1. The van der Waals surface area contributed by atoms with E-state index in [1.807, 2.05) is 30.3 Å². The Morgan fingerprint density at radius 3 is 2.19 bits per heavy atom. The van der Waals surface area contributed by atoms with Gasteiger partial charge in [0.25, 0.3) is 0 Å². The second-order valence-corrected chi connectivity index (χ2v) is 6.95. The van der Waals surface area contributed by atoms with Gasteiger partial charge in [-0.3, -0.25) is 0 Å². The van der Waals surface area contributed by atoms with Crippen LogP contribution >= 0.6 is 0 Å². The zero-order chi connectivity index (χ0) is 19.9. The Hall–Kier alpha value is -3.02. The van der Waals surface area contributed by atoms with Crippen molar-refractivity contribution >= 4 is 12.1 Å². The van der Waals surface area contributed by atoms with E-state index in [1.165, 1.54) is 7.11 Å². The highest BCUT2D eigenvalue weighted by Gasteiger charge is 2.26. The number of ether oxygens (including phenoxy) is 3. The lowest BCUT2D eigenvalue weighted by atomic mass is 10.1. The predicted octanol–water partition coefficient (Wildman–Crippen LogP) is 4.00. The van der Waals surface area contributed by atoms with E-state index in [-0.39, 0.29) is 0 Å². The van der Waals surface area contributed by atoms with Crippen LogP contribution in [0, 0.1) is 0 Å². The van der Waals surface area contributed by atoms with Gasteiger partial charge in [-0.1, -0.05) is 42.5 Å². The van der Waals surface area contributed by atoms with Gasteiger partial charge in [0.2, 0.25) is 0 Å². The Balaban J connectivity index is 2.05. The Kier molecular flexibility index (Phi) is 6.82. The second kappa shape index (κ2) is 9.07. The molecule has 0 fully saturated rings. The molecule has 0 saturated carbocycles. The largest absolute Gasteiger partial charge is 0.489 e. The SMILES string of the molecule is COC(=O)[C@H](NC(=O)OC(C)(C)C)c1ccc(OCc2ccccc2)cc1. The van der Waals surface area contributed by atoms with E-state index < -0.39 is 23.7 Å². The smallest absolute Gasteiger partial charge is 0.408 e. The number of carbonyl (C=O) groups is 2. The van der Waals surface area contributed by atoms with Crippen molar-refractivity contribution in [2.45, 2.75) is 39.0 Å². The van der Waals surface area contributed by atoms with Gasteiger partial charge in [-0.15, -0.1) is 0 Å². The summed E-state index contributed by atoms with van der Waals surface area (Å²) in [5.41, 5.74) is 0.959. The fourth-order valence-electron chi connectivity index (χ4n) is 2.32. The first-order valence-electron chi connectivity index (χ1n) is 8.62. The van der Waals surface area contributed by atoms with E-state index in [2.05, 4.69) is 5.32 Å². The van der Waals surface area contributed by atoms with Crippen molar-refractivity contribution in [1.29, 1.82) is 0 Å². The van der Waals surface area contributed by atoms with Crippen LogP contribution in [0.5, 0.6) is 5.75 Å². The number of nitrogens with one attached hydrogen (secondary N) is 1. The van der Waals surface area contributed by atoms with E-state index in [0.717, 1.165) is 5.56 Å². The molecule has 0 aliphatic heterocycles. The van der Waals surface area contributed by atoms with Crippen molar-refractivity contribution in [1.82, 2.24) is 5.32 Å². The number of esters is 1. The van der Waals surface area contributed by atoms with Gasteiger partial charge in [-0.25, -0.2) is 9.59 Å². The molecule has 0 radical (unpaired) electrons. The van der Waals surface area contributed by atoms with Crippen molar-refractivity contribution in [2.75, 3.05) is 7.11 Å². The molecule has 0 heterocycles. The summed E-state index contributed by atoms with van der Waals surface area (Å²) >= 11 is 0. The molecule has 6 heteroatoms. The number of amides is 1. The fourth-order valence-corrected chi connectivity index (χ4v) is 2.32. The van der Waals surface area contributed by atoms with Crippen molar-refractivity contribution in [3.05, 3.63) is 65.7 Å². The standard InChI is InChI=1S/C21H25NO5/c1-21(2,3)27-20(24)22-18(19(23)25-4)16-10-12-17(13-11-16)26-14-15-8-6-5-7-9-15/h5-13,18H,14H2,1-4H3,(H,22,24)/t18-/m1/s1. The third-order valence-electron chi connectivity index (χ3n) is 3.56. The molecule has 27 heavy (non-hydrogen) atoms. The van der Waals surface area contributed by atoms with E-state index >= 15 is 0 Å². The number of hydrogen-bond donors (Lipinski definition) is 1. The normalized spacial score (nSPS) is 12.0. The zero-order valence-corrected chi connectivity index (χ0v) is 16.0. The molecule has 2 rings (SSSR count). The maximum absolute atomic E-state index is 12.1. The van der Waals surface area contributed by atoms with E-state index in [0.29, 0.717) is 17.9 Å². The van der Waals surface area contributed by atoms with Gasteiger partial charge < -0.3 is 19.5 Å². The average Bonchev–Trinajstić information content (AvgIpc) is 2.64. The summed E-state index contributed by atoms with van der Waals surface area (Å²) in [6, 6.07) is 15.7. The fraction of sp³-hybridized carbons (Fsp3) is 0.333. The van der Waals surface area contributed by atoms with Crippen LogP contribution in [0.1, 0.15) is 37.9 Å². The molecule has 0 aromatic heterocycles. The summed E-state index contributed by atoms with van der Waals surface area (Å²) in [5.74, 6) is 0.0716. The molecule has 1 N–H and O–H groups in total. The Bertz CT molecular complexity index is 750. The van der Waals surface area contributed by atoms with E-state index in [9.17, 15) is 9.59 Å². The van der Waals surface area contributed by atoms with E-state index in [1.54, 1.807) is 45.0 Å². The van der Waals surface area contributed by atoms with Crippen LogP contribution in [0.15, 0.2) is 54.6 Å². The van der Waals surface area contributed by atoms with E-state index in [4.69, 9.17) is 14.2 Å². The molecule has 1 amide bonds. The molecule has 6 nitrogen and oxygen atoms in total. The van der Waals surface area contributed by atoms with Gasteiger partial charge >= 0.3 is 12.1 Å². The molecule has 0 unspecified atom stereocenters. The third-order valence-corrected chi connectivity index (χ3v) is 3.56. The topological polar surface area (TPSA) is 73.9 Å². The maximum Gasteiger partial charge on any atom is 0.408 e. The lowest BCUT2D eigenvalue weighted by Gasteiger charge is -2.22. The number of methoxy groups -OCH3 is 1. The number of benzene rings is 2. The Morgan fingerprint density at radius 2 is 1.63 bits per heavy atom. The second-order valence-electron chi connectivity index (χ2n) is 6.95. The van der Waals surface area contributed by atoms with Gasteiger partial charge in [0, 0.05) is 0 Å². The van der Waals surface area contributed by atoms with Crippen LogP contribution in [0.25, 0.3) is 0 Å². The van der Waals surface area contributed by atoms with Crippen LogP contribution in [0.2, 0.25) is 0 Å². The molecule has 144 valence electrons. The van der Waals surface area contributed by atoms with Crippen LogP contribution in [0.4, 0.5) is 4.79 Å². The molecule has 0 bridgehead atoms. The first kappa shape index (κ1) is 20.3. The predicted molar refractivity (Wildman–Crippen MR) is 101 cm³/mol. The first-order chi connectivity index (χ1) is 12.8. The number of carbonyl (C=O) groups excluding carboxylic acids is 2. The zero-order valence-electron chi connectivity index (χ0n) is 16.0. The summed E-state index contributed by atoms with van der Waals surface area (Å²) in [5, 5.41) is 2.54. The highest BCUT2D eigenvalue weighted by atomic mass is 16.6. The summed E-state index contributed by atoms with van der Waals surface area (Å²) in [7, 11) is 1.27. The number of rotatable bonds is 6. The number of alkyl carbamates (subject to hydrolysis) is 1. The van der Waals surface area contributed by atoms with Crippen molar-refractivity contribution in [3.63, 3.8) is 0 Å². The van der Waals surface area contributed by atoms with Crippen molar-refractivity contribution in [2.24, 2.45) is 0 Å². The van der Waals surface area contributed by atoms with Crippen LogP contribution < -0.4 is 10.1 Å². The summed E-state index contributed by atoms with van der Waals surface area (Å²) < 4.78 is 15.7. The third kappa shape index (κ3) is 6.66. The highest BCUT2D eigenvalue weighted by Crippen LogP contribution is 2.21. The van der Waals surface area contributed by atoms with Gasteiger partial charge in [-0.2, -0.15) is 0 Å². The molecule has 0 aliphatic rings. The molecule has 2 aromatic carbocycles. The van der Waals surface area contributed by atoms with Crippen molar-refractivity contribution in [3.8, 4) is 5.75 Å². The highest BCUT2D eigenvalue weighted by molar-refractivity contribution is 5.82. The van der Waals surface area contributed by atoms with Gasteiger partial charge in [0.15, 0.2) is 6.04 Å². The summed E-state index contributed by atoms with van der Waals surface area (Å²) in [4.78, 5) is 24.1. The quantitative estimate of drug-likeness (QED) is 0.777. The van der Waals surface area contributed by atoms with Crippen LogP contribution in [0.3, 0.4) is 0 Å². The summed E-state index contributed by atoms with van der Waals surface area (Å²) in [6.07, 6.45) is -0.692. The minimum atomic E-state index is -0.965. The minimum Gasteiger partial charge on any atom is -0.489 e. The van der Waals surface area contributed by atoms with Gasteiger partial charge in [0.05, 0.1) is 7.11 Å². The van der Waals surface area contributed by atoms with Crippen LogP contribution in [-0.2, 0) is 20.9 Å². The molecule has 0 spiro atoms. The lowest BCUT2D eigenvalue weighted by molar-refractivity contribution is -0.143. The molecule has 0 aliphatic carbocycles. The number of hydrogen-bond acceptors (Lipinski definition) is 5. The average molecular weight is 371 g/mol. The summed E-state index contributed by atoms with van der Waals surface area (Å²) in [6.45, 7) is 5.69. The van der Waals surface area contributed by atoms with Gasteiger partial charge in [-0.05, 0) is 44.0 Å². The molecule has 0 saturated heterocycles. The van der Waals surface area contributed by atoms with Gasteiger partial charge in [0.1, 0.15) is 18.0 Å². The first-order valence-corrected chi connectivity index (χ1v) is 8.62. The minimum absolute atomic E-state index is 0.441.